The van der Waals surface area contributed by atoms with Gasteiger partial charge in [0.1, 0.15) is 0 Å². The van der Waals surface area contributed by atoms with Crippen molar-refractivity contribution in [1.29, 1.82) is 5.26 Å². The molecule has 1 N–H and O–H groups in total. The van der Waals surface area contributed by atoms with Crippen LogP contribution in [0.3, 0.4) is 0 Å². The number of hydrazine groups is 1. The molecule has 1 spiro atoms. The first-order valence-electron chi connectivity index (χ1n) is 10.8. The second kappa shape index (κ2) is 8.23. The molecule has 1 unspecified atom stereocenters. The van der Waals surface area contributed by atoms with Gasteiger partial charge in [0.2, 0.25) is 0 Å². The first-order chi connectivity index (χ1) is 13.6. The average Bonchev–Trinajstić information content (AvgIpc) is 3.15. The highest BCUT2D eigenvalue weighted by Gasteiger charge is 2.48. The van der Waals surface area contributed by atoms with E-state index in [0.29, 0.717) is 5.92 Å². The van der Waals surface area contributed by atoms with Crippen LogP contribution in [0.2, 0.25) is 0 Å². The van der Waals surface area contributed by atoms with Crippen LogP contribution in [0.15, 0.2) is 36.2 Å². The number of ether oxygens (including phenoxy) is 1. The van der Waals surface area contributed by atoms with Gasteiger partial charge in [-0.15, -0.1) is 0 Å². The van der Waals surface area contributed by atoms with Gasteiger partial charge in [-0.2, -0.15) is 5.26 Å². The highest BCUT2D eigenvalue weighted by Crippen LogP contribution is 2.49. The molecule has 1 saturated heterocycles. The molecule has 3 aliphatic rings. The first kappa shape index (κ1) is 19.4. The molecule has 1 saturated carbocycles. The summed E-state index contributed by atoms with van der Waals surface area (Å²) in [6.45, 7) is 4.87. The summed E-state index contributed by atoms with van der Waals surface area (Å²) in [7, 11) is 0. The van der Waals surface area contributed by atoms with Crippen LogP contribution in [0.1, 0.15) is 64.0 Å². The lowest BCUT2D eigenvalue weighted by Gasteiger charge is -2.46. The topological polar surface area (TPSA) is 61.2 Å². The van der Waals surface area contributed by atoms with E-state index in [9.17, 15) is 5.26 Å². The quantitative estimate of drug-likeness (QED) is 0.834. The molecule has 1 aromatic rings. The van der Waals surface area contributed by atoms with Gasteiger partial charge in [0.25, 0.3) is 0 Å². The summed E-state index contributed by atoms with van der Waals surface area (Å²) in [4.78, 5) is 4.78. The van der Waals surface area contributed by atoms with E-state index in [1.807, 2.05) is 18.5 Å². The number of aromatic nitrogens is 1. The van der Waals surface area contributed by atoms with Gasteiger partial charge < -0.3 is 9.75 Å². The predicted molar refractivity (Wildman–Crippen MR) is 109 cm³/mol. The smallest absolute Gasteiger partial charge is 0.0963 e. The monoisotopic (exact) mass is 380 g/mol. The minimum atomic E-state index is 0.0588. The zero-order valence-corrected chi connectivity index (χ0v) is 17.0. The van der Waals surface area contributed by atoms with Crippen LogP contribution in [-0.2, 0) is 10.2 Å². The Balaban J connectivity index is 1.48. The molecule has 0 amide bonds. The lowest BCUT2D eigenvalue weighted by atomic mass is 9.68. The van der Waals surface area contributed by atoms with E-state index >= 15 is 0 Å². The number of nitrogens with zero attached hydrogens (tertiary/aromatic N) is 3. The van der Waals surface area contributed by atoms with E-state index in [4.69, 9.17) is 9.72 Å². The maximum absolute atomic E-state index is 9.27. The number of rotatable bonds is 5. The van der Waals surface area contributed by atoms with Crippen LogP contribution in [0.4, 0.5) is 0 Å². The maximum Gasteiger partial charge on any atom is 0.0963 e. The second-order valence-electron chi connectivity index (χ2n) is 9.05. The Bertz CT molecular complexity index is 735. The van der Waals surface area contributed by atoms with Crippen molar-refractivity contribution in [3.05, 3.63) is 41.9 Å². The number of pyridine rings is 1. The second-order valence-corrected chi connectivity index (χ2v) is 9.05. The third kappa shape index (κ3) is 4.09. The summed E-state index contributed by atoms with van der Waals surface area (Å²) >= 11 is 0. The van der Waals surface area contributed by atoms with Gasteiger partial charge in [0.05, 0.1) is 11.7 Å². The number of nitriles is 1. The molecule has 2 aliphatic heterocycles. The van der Waals surface area contributed by atoms with Crippen LogP contribution in [-0.4, -0.2) is 35.3 Å². The van der Waals surface area contributed by atoms with Crippen molar-refractivity contribution in [3.8, 4) is 6.07 Å². The van der Waals surface area contributed by atoms with Crippen LogP contribution >= 0.6 is 0 Å². The van der Waals surface area contributed by atoms with Gasteiger partial charge in [-0.3, -0.25) is 4.98 Å². The lowest BCUT2D eigenvalue weighted by molar-refractivity contribution is -0.104. The third-order valence-electron chi connectivity index (χ3n) is 6.82. The van der Waals surface area contributed by atoms with E-state index < -0.39 is 0 Å². The summed E-state index contributed by atoms with van der Waals surface area (Å²) in [5.74, 6) is 0.502. The van der Waals surface area contributed by atoms with E-state index in [1.165, 1.54) is 31.4 Å². The Morgan fingerprint density at radius 3 is 2.93 bits per heavy atom. The molecule has 2 fully saturated rings. The molecule has 5 nitrogen and oxygen atoms in total. The van der Waals surface area contributed by atoms with Gasteiger partial charge in [-0.1, -0.05) is 25.8 Å². The Labute approximate surface area is 168 Å². The fourth-order valence-electron chi connectivity index (χ4n) is 5.49. The lowest BCUT2D eigenvalue weighted by Crippen LogP contribution is -2.48. The Kier molecular flexibility index (Phi) is 5.70. The number of allylic oxidation sites excluding steroid dienone is 1. The van der Waals surface area contributed by atoms with Crippen LogP contribution < -0.4 is 5.43 Å². The highest BCUT2D eigenvalue weighted by atomic mass is 16.5. The van der Waals surface area contributed by atoms with Crippen molar-refractivity contribution in [1.82, 2.24) is 15.4 Å². The molecule has 1 aliphatic carbocycles. The maximum atomic E-state index is 9.27. The molecule has 150 valence electrons. The zero-order valence-electron chi connectivity index (χ0n) is 17.0. The van der Waals surface area contributed by atoms with E-state index in [2.05, 4.69) is 35.6 Å². The molecule has 3 heterocycles. The minimum Gasteiger partial charge on any atom is -0.375 e. The molecule has 1 aromatic heterocycles. The van der Waals surface area contributed by atoms with Crippen molar-refractivity contribution < 1.29 is 4.74 Å². The van der Waals surface area contributed by atoms with Crippen molar-refractivity contribution >= 4 is 0 Å². The molecule has 5 heteroatoms. The summed E-state index contributed by atoms with van der Waals surface area (Å²) < 4.78 is 6.34. The van der Waals surface area contributed by atoms with Gasteiger partial charge >= 0.3 is 0 Å². The normalized spacial score (nSPS) is 29.5. The van der Waals surface area contributed by atoms with Gasteiger partial charge in [-0.25, -0.2) is 5.43 Å². The van der Waals surface area contributed by atoms with E-state index in [0.717, 1.165) is 51.0 Å². The summed E-state index contributed by atoms with van der Waals surface area (Å²) in [5.41, 5.74) is 5.78. The fraction of sp³-hybridized carbons (Fsp3) is 0.652. The summed E-state index contributed by atoms with van der Waals surface area (Å²) in [6.07, 6.45) is 12.9. The molecule has 4 rings (SSSR count). The van der Waals surface area contributed by atoms with Crippen LogP contribution in [0.25, 0.3) is 0 Å². The van der Waals surface area contributed by atoms with Crippen LogP contribution in [0, 0.1) is 17.2 Å². The van der Waals surface area contributed by atoms with Crippen molar-refractivity contribution in [2.45, 2.75) is 69.3 Å². The minimum absolute atomic E-state index is 0.0588. The van der Waals surface area contributed by atoms with Crippen molar-refractivity contribution in [2.24, 2.45) is 5.92 Å². The van der Waals surface area contributed by atoms with Gasteiger partial charge in [-0.05, 0) is 56.6 Å². The molecular weight excluding hydrogens is 348 g/mol. The first-order valence-corrected chi connectivity index (χ1v) is 10.8. The average molecular weight is 381 g/mol. The predicted octanol–water partition coefficient (Wildman–Crippen LogP) is 4.09. The van der Waals surface area contributed by atoms with E-state index in [1.54, 1.807) is 0 Å². The highest BCUT2D eigenvalue weighted by molar-refractivity contribution is 5.22. The molecule has 2 atom stereocenters. The van der Waals surface area contributed by atoms with Crippen LogP contribution in [0.5, 0.6) is 0 Å². The number of hydrogen-bond donors (Lipinski definition) is 1. The molecule has 28 heavy (non-hydrogen) atoms. The molecule has 0 radical (unpaired) electrons. The Morgan fingerprint density at radius 2 is 2.18 bits per heavy atom. The number of nitrogens with one attached hydrogen (secondary N) is 1. The van der Waals surface area contributed by atoms with Gasteiger partial charge in [0, 0.05) is 48.8 Å². The van der Waals surface area contributed by atoms with E-state index in [-0.39, 0.29) is 11.0 Å². The fourth-order valence-corrected chi connectivity index (χ4v) is 5.49. The molecule has 0 bridgehead atoms. The van der Waals surface area contributed by atoms with Crippen molar-refractivity contribution in [3.63, 3.8) is 0 Å². The number of hydrogen-bond acceptors (Lipinski definition) is 5. The van der Waals surface area contributed by atoms with Gasteiger partial charge in [0.15, 0.2) is 0 Å². The Morgan fingerprint density at radius 1 is 1.32 bits per heavy atom. The summed E-state index contributed by atoms with van der Waals surface area (Å²) in [5, 5.41) is 11.4. The molecule has 0 aromatic carbocycles. The largest absolute Gasteiger partial charge is 0.375 e. The SMILES string of the molecule is CC1CC(C#N)=CN(NCC[C@@]2(c3ccccn3)CCOC3(CCCC3)C2)C1. The standard InChI is InChI=1S/C23H32N4O/c1-19-14-20(15-24)17-27(16-19)26-12-9-22(21-6-2-5-11-25-21)10-13-28-23(18-22)7-3-4-8-23/h2,5-6,11,17,19,26H,3-4,7-10,12-14,16,18H2,1H3/t19?,22-/m1/s1. The van der Waals surface area contributed by atoms with Crippen molar-refractivity contribution in [2.75, 3.05) is 19.7 Å². The zero-order chi connectivity index (χ0) is 19.5. The Hall–Kier alpha value is -1.90. The summed E-state index contributed by atoms with van der Waals surface area (Å²) in [6, 6.07) is 8.64. The molecular formula is C23H32N4O. The third-order valence-corrected chi connectivity index (χ3v) is 6.82.